The third-order valence-electron chi connectivity index (χ3n) is 2.73. The molecule has 0 aromatic rings. The summed E-state index contributed by atoms with van der Waals surface area (Å²) in [5.74, 6) is -2.20. The van der Waals surface area contributed by atoms with Crippen LogP contribution in [0.3, 0.4) is 0 Å². The maximum Gasteiger partial charge on any atom is 0.325 e. The van der Waals surface area contributed by atoms with Gasteiger partial charge in [-0.1, -0.05) is 20.3 Å². The summed E-state index contributed by atoms with van der Waals surface area (Å²) in [5.41, 5.74) is 5.17. The van der Waals surface area contributed by atoms with Gasteiger partial charge in [0.15, 0.2) is 0 Å². The number of carboxylic acid groups (broad SMARTS) is 1. The predicted octanol–water partition coefficient (Wildman–Crippen LogP) is -0.935. The quantitative estimate of drug-likeness (QED) is 0.470. The van der Waals surface area contributed by atoms with Gasteiger partial charge < -0.3 is 21.5 Å². The van der Waals surface area contributed by atoms with Crippen LogP contribution in [0.1, 0.15) is 27.2 Å². The zero-order chi connectivity index (χ0) is 14.3. The number of amides is 2. The Balaban J connectivity index is 4.69. The number of rotatable bonds is 7. The van der Waals surface area contributed by atoms with Gasteiger partial charge in [0.2, 0.25) is 11.8 Å². The zero-order valence-corrected chi connectivity index (χ0v) is 10.9. The van der Waals surface area contributed by atoms with Crippen LogP contribution in [-0.4, -0.2) is 41.5 Å². The first kappa shape index (κ1) is 16.4. The van der Waals surface area contributed by atoms with E-state index in [1.54, 1.807) is 6.92 Å². The van der Waals surface area contributed by atoms with Gasteiger partial charge in [-0.2, -0.15) is 0 Å². The van der Waals surface area contributed by atoms with Crippen molar-refractivity contribution < 1.29 is 19.5 Å². The maximum absolute atomic E-state index is 11.9. The third kappa shape index (κ3) is 5.13. The van der Waals surface area contributed by atoms with E-state index in [4.69, 9.17) is 10.8 Å². The lowest BCUT2D eigenvalue weighted by Gasteiger charge is -2.24. The summed E-state index contributed by atoms with van der Waals surface area (Å²) in [5, 5.41) is 13.5. The predicted molar refractivity (Wildman–Crippen MR) is 65.7 cm³/mol. The summed E-state index contributed by atoms with van der Waals surface area (Å²) in [6.07, 6.45) is 0.671. The summed E-state index contributed by atoms with van der Waals surface area (Å²) in [6, 6.07) is -1.77. The lowest BCUT2D eigenvalue weighted by molar-refractivity contribution is -0.142. The normalized spacial score (nSPS) is 15.3. The van der Waals surface area contributed by atoms with E-state index in [0.29, 0.717) is 6.42 Å². The monoisotopic (exact) mass is 259 g/mol. The van der Waals surface area contributed by atoms with Gasteiger partial charge >= 0.3 is 5.97 Å². The molecule has 0 aliphatic heterocycles. The molecule has 0 aromatic carbocycles. The topological polar surface area (TPSA) is 122 Å². The second-order valence-corrected chi connectivity index (χ2v) is 4.20. The Bertz CT molecular complexity index is 319. The van der Waals surface area contributed by atoms with E-state index < -0.39 is 29.9 Å². The molecule has 0 unspecified atom stereocenters. The number of carbonyl (C=O) groups is 3. The Kier molecular flexibility index (Phi) is 6.96. The minimum Gasteiger partial charge on any atom is -0.480 e. The zero-order valence-electron chi connectivity index (χ0n) is 10.9. The Morgan fingerprint density at radius 3 is 2.17 bits per heavy atom. The van der Waals surface area contributed by atoms with E-state index in [9.17, 15) is 14.4 Å². The van der Waals surface area contributed by atoms with Crippen LogP contribution in [-0.2, 0) is 14.4 Å². The Hall–Kier alpha value is -1.63. The molecule has 0 saturated heterocycles. The van der Waals surface area contributed by atoms with E-state index in [2.05, 4.69) is 10.6 Å². The SMILES string of the molecule is CC[C@H](C)[C@H](NC(=O)CN)C(=O)N[C@@H](C)C(=O)O. The average molecular weight is 259 g/mol. The van der Waals surface area contributed by atoms with Crippen LogP contribution in [0.4, 0.5) is 0 Å². The largest absolute Gasteiger partial charge is 0.480 e. The number of aliphatic carboxylic acids is 1. The van der Waals surface area contributed by atoms with Crippen molar-refractivity contribution in [1.29, 1.82) is 0 Å². The minimum atomic E-state index is -1.13. The molecule has 5 N–H and O–H groups in total. The van der Waals surface area contributed by atoms with E-state index in [-0.39, 0.29) is 12.5 Å². The average Bonchev–Trinajstić information content (AvgIpc) is 2.33. The number of nitrogens with two attached hydrogens (primary N) is 1. The smallest absolute Gasteiger partial charge is 0.325 e. The van der Waals surface area contributed by atoms with Gasteiger partial charge in [-0.05, 0) is 12.8 Å². The molecule has 0 saturated carbocycles. The Morgan fingerprint density at radius 2 is 1.78 bits per heavy atom. The molecule has 2 amide bonds. The van der Waals surface area contributed by atoms with Gasteiger partial charge in [0.25, 0.3) is 0 Å². The highest BCUT2D eigenvalue weighted by atomic mass is 16.4. The first-order valence-electron chi connectivity index (χ1n) is 5.86. The van der Waals surface area contributed by atoms with Gasteiger partial charge in [-0.3, -0.25) is 14.4 Å². The molecule has 7 heteroatoms. The number of nitrogens with one attached hydrogen (secondary N) is 2. The molecule has 0 radical (unpaired) electrons. The van der Waals surface area contributed by atoms with Crippen molar-refractivity contribution in [2.75, 3.05) is 6.54 Å². The van der Waals surface area contributed by atoms with Crippen molar-refractivity contribution >= 4 is 17.8 Å². The second-order valence-electron chi connectivity index (χ2n) is 4.20. The van der Waals surface area contributed by atoms with Crippen LogP contribution in [0.5, 0.6) is 0 Å². The Labute approximate surface area is 106 Å². The molecule has 0 heterocycles. The third-order valence-corrected chi connectivity index (χ3v) is 2.73. The molecule has 18 heavy (non-hydrogen) atoms. The van der Waals surface area contributed by atoms with Crippen LogP contribution >= 0.6 is 0 Å². The molecule has 0 bridgehead atoms. The summed E-state index contributed by atoms with van der Waals surface area (Å²) in [7, 11) is 0. The van der Waals surface area contributed by atoms with Crippen LogP contribution in [0.2, 0.25) is 0 Å². The molecule has 0 fully saturated rings. The van der Waals surface area contributed by atoms with Gasteiger partial charge in [0, 0.05) is 0 Å². The number of carboxylic acids is 1. The number of hydrogen-bond donors (Lipinski definition) is 4. The molecule has 0 aliphatic carbocycles. The fourth-order valence-electron chi connectivity index (χ4n) is 1.30. The highest BCUT2D eigenvalue weighted by molar-refractivity contribution is 5.90. The fraction of sp³-hybridized carbons (Fsp3) is 0.727. The second kappa shape index (κ2) is 7.65. The van der Waals surface area contributed by atoms with E-state index in [1.165, 1.54) is 6.92 Å². The van der Waals surface area contributed by atoms with Crippen LogP contribution in [0.15, 0.2) is 0 Å². The van der Waals surface area contributed by atoms with Crippen molar-refractivity contribution in [1.82, 2.24) is 10.6 Å². The van der Waals surface area contributed by atoms with Crippen molar-refractivity contribution in [2.45, 2.75) is 39.3 Å². The molecule has 0 aromatic heterocycles. The van der Waals surface area contributed by atoms with E-state index in [1.807, 2.05) is 6.92 Å². The molecule has 0 spiro atoms. The molecular formula is C11H21N3O4. The minimum absolute atomic E-state index is 0.110. The molecular weight excluding hydrogens is 238 g/mol. The summed E-state index contributed by atoms with van der Waals surface area (Å²) < 4.78 is 0. The Morgan fingerprint density at radius 1 is 1.22 bits per heavy atom. The van der Waals surface area contributed by atoms with Crippen molar-refractivity contribution in [3.8, 4) is 0 Å². The highest BCUT2D eigenvalue weighted by Gasteiger charge is 2.27. The van der Waals surface area contributed by atoms with Gasteiger partial charge in [-0.25, -0.2) is 0 Å². The highest BCUT2D eigenvalue weighted by Crippen LogP contribution is 2.08. The molecule has 0 aliphatic rings. The standard InChI is InChI=1S/C11H21N3O4/c1-4-6(2)9(14-8(15)5-12)10(16)13-7(3)11(17)18/h6-7,9H,4-5,12H2,1-3H3,(H,13,16)(H,14,15)(H,17,18)/t6-,7-,9-/m0/s1. The summed E-state index contributed by atoms with van der Waals surface area (Å²) in [6.45, 7) is 4.82. The summed E-state index contributed by atoms with van der Waals surface area (Å²) in [4.78, 5) is 33.8. The van der Waals surface area contributed by atoms with Gasteiger partial charge in [0.1, 0.15) is 12.1 Å². The van der Waals surface area contributed by atoms with Crippen molar-refractivity contribution in [3.63, 3.8) is 0 Å². The van der Waals surface area contributed by atoms with Gasteiger partial charge in [0.05, 0.1) is 6.54 Å². The molecule has 3 atom stereocenters. The van der Waals surface area contributed by atoms with Crippen LogP contribution in [0.25, 0.3) is 0 Å². The van der Waals surface area contributed by atoms with E-state index >= 15 is 0 Å². The van der Waals surface area contributed by atoms with Crippen molar-refractivity contribution in [2.24, 2.45) is 11.7 Å². The first-order valence-corrected chi connectivity index (χ1v) is 5.86. The van der Waals surface area contributed by atoms with Crippen LogP contribution < -0.4 is 16.4 Å². The van der Waals surface area contributed by atoms with E-state index in [0.717, 1.165) is 0 Å². The molecule has 7 nitrogen and oxygen atoms in total. The summed E-state index contributed by atoms with van der Waals surface area (Å²) >= 11 is 0. The van der Waals surface area contributed by atoms with Crippen molar-refractivity contribution in [3.05, 3.63) is 0 Å². The lowest BCUT2D eigenvalue weighted by Crippen LogP contribution is -2.54. The number of carbonyl (C=O) groups excluding carboxylic acids is 2. The lowest BCUT2D eigenvalue weighted by atomic mass is 9.98. The maximum atomic E-state index is 11.9. The number of hydrogen-bond acceptors (Lipinski definition) is 4. The fourth-order valence-corrected chi connectivity index (χ4v) is 1.30. The molecule has 0 rings (SSSR count). The van der Waals surface area contributed by atoms with Gasteiger partial charge in [-0.15, -0.1) is 0 Å². The first-order chi connectivity index (χ1) is 8.33. The van der Waals surface area contributed by atoms with Crippen LogP contribution in [0, 0.1) is 5.92 Å². The molecule has 104 valence electrons.